The van der Waals surface area contributed by atoms with Crippen molar-refractivity contribution in [1.29, 1.82) is 0 Å². The highest BCUT2D eigenvalue weighted by molar-refractivity contribution is 7.11. The van der Waals surface area contributed by atoms with E-state index in [1.807, 2.05) is 0 Å². The van der Waals surface area contributed by atoms with Crippen LogP contribution in [0.3, 0.4) is 0 Å². The zero-order valence-corrected chi connectivity index (χ0v) is 29.0. The van der Waals surface area contributed by atoms with Gasteiger partial charge in [0.25, 0.3) is 0 Å². The molecule has 0 unspecified atom stereocenters. The number of benzene rings is 5. The van der Waals surface area contributed by atoms with Gasteiger partial charge in [-0.25, -0.2) is 4.57 Å². The Bertz CT molecular complexity index is 2820. The van der Waals surface area contributed by atoms with Gasteiger partial charge in [-0.05, 0) is 81.3 Å². The Balaban J connectivity index is 1.70. The molecule has 50 heavy (non-hydrogen) atoms. The lowest BCUT2D eigenvalue weighted by Crippen LogP contribution is -2.76. The quantitative estimate of drug-likeness (QED) is 0.143. The van der Waals surface area contributed by atoms with Gasteiger partial charge in [0.2, 0.25) is 19.1 Å². The van der Waals surface area contributed by atoms with E-state index in [0.29, 0.717) is 49.8 Å². The molecule has 5 aromatic carbocycles. The molecule has 0 saturated carbocycles. The van der Waals surface area contributed by atoms with E-state index in [9.17, 15) is 2.74 Å². The van der Waals surface area contributed by atoms with Gasteiger partial charge in [-0.1, -0.05) is 167 Å². The average Bonchev–Trinajstić information content (AvgIpc) is 3.20. The second-order valence-electron chi connectivity index (χ2n) is 14.3. The maximum absolute atomic E-state index is 9.31. The monoisotopic (exact) mass is 668 g/mol. The van der Waals surface area contributed by atoms with E-state index in [0.717, 1.165) is 0 Å². The molecule has 0 atom stereocenters. The molecule has 1 aliphatic rings. The Morgan fingerprint density at radius 1 is 0.600 bits per heavy atom. The molecule has 0 N–H and O–H groups in total. The number of aryl methyl sites for hydroxylation is 6. The molecule has 1 aromatic heterocycles. The number of fused-ring (bicyclic) bond motifs is 2. The van der Waals surface area contributed by atoms with Crippen LogP contribution in [0.25, 0.3) is 22.4 Å². The van der Waals surface area contributed by atoms with E-state index in [-0.39, 0.29) is 44.3 Å². The van der Waals surface area contributed by atoms with Crippen molar-refractivity contribution in [3.05, 3.63) is 148 Å². The molecule has 3 heteroatoms. The van der Waals surface area contributed by atoms with E-state index in [4.69, 9.17) is 20.6 Å². The lowest BCUT2D eigenvalue weighted by atomic mass is 9.20. The summed E-state index contributed by atoms with van der Waals surface area (Å²) < 4.78 is 152. The topological polar surface area (TPSA) is 3.88 Å². The number of aromatic nitrogens is 1. The lowest BCUT2D eigenvalue weighted by Gasteiger charge is -2.36. The number of hydrogen-bond acceptors (Lipinski definition) is 0. The Hall–Kier alpha value is -4.62. The summed E-state index contributed by atoms with van der Waals surface area (Å²) in [5.41, 5.74) is 1.75. The molecule has 0 aliphatic carbocycles. The molecule has 1 aliphatic heterocycles. The number of pyridine rings is 1. The molecule has 0 radical (unpaired) electrons. The summed E-state index contributed by atoms with van der Waals surface area (Å²) in [6.07, 6.45) is -0.795. The van der Waals surface area contributed by atoms with Crippen LogP contribution >= 0.6 is 0 Å². The third-order valence-electron chi connectivity index (χ3n) is 9.80. The molecule has 6 aromatic rings. The first-order valence-electron chi connectivity index (χ1n) is 25.3. The minimum atomic E-state index is -2.86. The van der Waals surface area contributed by atoms with Crippen LogP contribution < -0.4 is 37.3 Å². The summed E-state index contributed by atoms with van der Waals surface area (Å²) in [6.45, 7) is -9.55. The number of nitrogens with zero attached hydrogens (tertiary/aromatic N) is 1. The normalized spacial score (nSPS) is 19.2. The van der Waals surface area contributed by atoms with Crippen LogP contribution in [0.5, 0.6) is 0 Å². The van der Waals surface area contributed by atoms with Crippen molar-refractivity contribution in [3.63, 3.8) is 0 Å². The largest absolute Gasteiger partial charge is 0.241 e. The van der Waals surface area contributed by atoms with Crippen LogP contribution in [0.4, 0.5) is 0 Å². The first-order valence-corrected chi connectivity index (χ1v) is 16.8. The van der Waals surface area contributed by atoms with Crippen molar-refractivity contribution in [2.45, 2.75) is 68.3 Å². The molecule has 0 bridgehead atoms. The highest BCUT2D eigenvalue weighted by Crippen LogP contribution is 2.28. The molecule has 2 heterocycles. The average molecular weight is 668 g/mol. The maximum Gasteiger partial charge on any atom is 0.241 e. The fourth-order valence-corrected chi connectivity index (χ4v) is 7.69. The van der Waals surface area contributed by atoms with Crippen LogP contribution in [0.2, 0.25) is 0 Å². The summed E-state index contributed by atoms with van der Waals surface area (Å²) in [4.78, 5) is 0. The smallest absolute Gasteiger partial charge is 0.201 e. The van der Waals surface area contributed by atoms with Gasteiger partial charge in [0.05, 0.1) is 0 Å². The molecular weight excluding hydrogens is 600 g/mol. The standard InChI is InChI=1S/C47H50B2N/c1-30-17-16-18-31(2)44(30)49-41-22-15-14-21-40(41)48(45-32(3)25-37(26-33(45)4)36-19-12-11-13-20-36)42-24-23-39(35(6)46(42)49)43-27-38(28-47(7,8)9)34(5)29-50(43)10/h11-27,29H,28H2,1-10H3/q+1/i1D3,2D3,3D3,4D3,5D3,28D2. The van der Waals surface area contributed by atoms with Crippen LogP contribution in [0.15, 0.2) is 109 Å². The fraction of sp³-hybridized carbons (Fsp3) is 0.255. The summed E-state index contributed by atoms with van der Waals surface area (Å²) in [6, 6.07) is 27.8. The second-order valence-corrected chi connectivity index (χ2v) is 14.3. The third kappa shape index (κ3) is 5.96. The first kappa shape index (κ1) is 19.1. The molecule has 0 saturated heterocycles. The molecule has 0 fully saturated rings. The van der Waals surface area contributed by atoms with Gasteiger partial charge in [0, 0.05) is 40.5 Å². The first-order chi connectivity index (χ1) is 30.7. The van der Waals surface area contributed by atoms with E-state index < -0.39 is 59.5 Å². The summed E-state index contributed by atoms with van der Waals surface area (Å²) in [5.74, 6) is 0. The maximum atomic E-state index is 9.31. The van der Waals surface area contributed by atoms with E-state index >= 15 is 0 Å². The highest BCUT2D eigenvalue weighted by Gasteiger charge is 2.42. The van der Waals surface area contributed by atoms with E-state index in [1.165, 1.54) is 42.6 Å². The Kier molecular flexibility index (Phi) is 4.94. The summed E-state index contributed by atoms with van der Waals surface area (Å²) in [5, 5.41) is 0. The highest BCUT2D eigenvalue weighted by atomic mass is 14.9. The Morgan fingerprint density at radius 2 is 1.20 bits per heavy atom. The summed E-state index contributed by atoms with van der Waals surface area (Å²) in [7, 11) is 1.63. The van der Waals surface area contributed by atoms with Crippen molar-refractivity contribution < 1.29 is 27.9 Å². The number of hydrogen-bond donors (Lipinski definition) is 0. The van der Waals surface area contributed by atoms with Gasteiger partial charge in [-0.3, -0.25) is 0 Å². The second kappa shape index (κ2) is 12.9. The molecule has 0 amide bonds. The molecule has 7 rings (SSSR count). The predicted molar refractivity (Wildman–Crippen MR) is 219 cm³/mol. The van der Waals surface area contributed by atoms with Gasteiger partial charge in [0.1, 0.15) is 7.05 Å². The van der Waals surface area contributed by atoms with Crippen molar-refractivity contribution >= 4 is 46.2 Å². The SMILES string of the molecule is [2H]C([2H])([2H])c1c[n+](C)c(-c2ccc3c(c2C)B(c2c(C([2H])([2H])[2H])cccc2C([2H])([2H])[2H])c2ccccc2B3c2c(C([2H])([2H])[2H])cc(-c3ccccc3)cc2C([2H])([2H])[2H])cc1C([2H])([2H])C(C)(C)C. The molecular formula is C47H50B2N+. The van der Waals surface area contributed by atoms with Gasteiger partial charge in [0.15, 0.2) is 6.20 Å². The van der Waals surface area contributed by atoms with Gasteiger partial charge in [-0.2, -0.15) is 0 Å². The van der Waals surface area contributed by atoms with Crippen molar-refractivity contribution in [2.75, 3.05) is 0 Å². The van der Waals surface area contributed by atoms with Gasteiger partial charge >= 0.3 is 0 Å². The van der Waals surface area contributed by atoms with Gasteiger partial charge in [-0.15, -0.1) is 0 Å². The summed E-state index contributed by atoms with van der Waals surface area (Å²) >= 11 is 0. The minimum absolute atomic E-state index is 0.00621. The van der Waals surface area contributed by atoms with Crippen LogP contribution in [0, 0.1) is 46.6 Å². The van der Waals surface area contributed by atoms with E-state index in [2.05, 4.69) is 0 Å². The molecule has 1 nitrogen and oxygen atoms in total. The van der Waals surface area contributed by atoms with Crippen molar-refractivity contribution in [3.8, 4) is 22.4 Å². The zero-order chi connectivity index (χ0) is 49.8. The lowest BCUT2D eigenvalue weighted by molar-refractivity contribution is -0.660. The molecule has 0 spiro atoms. The Labute approximate surface area is 325 Å². The zero-order valence-electron chi connectivity index (χ0n) is 46.0. The third-order valence-corrected chi connectivity index (χ3v) is 9.80. The Morgan fingerprint density at radius 3 is 1.82 bits per heavy atom. The molecule has 248 valence electrons. The van der Waals surface area contributed by atoms with Crippen LogP contribution in [0.1, 0.15) is 83.0 Å². The van der Waals surface area contributed by atoms with E-state index in [1.54, 1.807) is 106 Å². The van der Waals surface area contributed by atoms with Crippen LogP contribution in [-0.4, -0.2) is 13.4 Å². The van der Waals surface area contributed by atoms with Gasteiger partial charge < -0.3 is 0 Å². The minimum Gasteiger partial charge on any atom is -0.201 e. The fourth-order valence-electron chi connectivity index (χ4n) is 7.69. The van der Waals surface area contributed by atoms with Crippen molar-refractivity contribution in [1.82, 2.24) is 0 Å². The van der Waals surface area contributed by atoms with Crippen LogP contribution in [-0.2, 0) is 13.4 Å². The predicted octanol–water partition coefficient (Wildman–Crippen LogP) is 6.63. The number of rotatable bonds is 5. The van der Waals surface area contributed by atoms with Crippen molar-refractivity contribution in [2.24, 2.45) is 12.5 Å².